The Kier molecular flexibility index (Phi) is 4.28. The smallest absolute Gasteiger partial charge is 0.239 e. The van der Waals surface area contributed by atoms with Gasteiger partial charge < -0.3 is 15.5 Å². The van der Waals surface area contributed by atoms with Crippen LogP contribution in [0.4, 0.5) is 0 Å². The third-order valence-corrected chi connectivity index (χ3v) is 4.78. The number of hydrogen-bond donors (Lipinski definition) is 1. The molecule has 2 rings (SSSR count). The molecule has 1 aliphatic heterocycles. The maximum atomic E-state index is 11.9. The molecule has 2 fully saturated rings. The molecule has 104 valence electrons. The van der Waals surface area contributed by atoms with Crippen molar-refractivity contribution in [3.05, 3.63) is 0 Å². The summed E-state index contributed by atoms with van der Waals surface area (Å²) < 4.78 is 0. The van der Waals surface area contributed by atoms with Crippen LogP contribution in [0, 0.1) is 0 Å². The van der Waals surface area contributed by atoms with E-state index in [0.29, 0.717) is 18.1 Å². The van der Waals surface area contributed by atoms with Crippen LogP contribution < -0.4 is 5.73 Å². The molecule has 0 aromatic carbocycles. The monoisotopic (exact) mass is 253 g/mol. The molecule has 18 heavy (non-hydrogen) atoms. The molecule has 1 saturated carbocycles. The third-order valence-electron chi connectivity index (χ3n) is 4.78. The van der Waals surface area contributed by atoms with Gasteiger partial charge in [0.25, 0.3) is 0 Å². The molecular formula is C14H27N3O. The van der Waals surface area contributed by atoms with E-state index < -0.39 is 0 Å². The normalized spacial score (nSPS) is 33.8. The minimum atomic E-state index is -0.235. The van der Waals surface area contributed by atoms with Gasteiger partial charge in [-0.2, -0.15) is 0 Å². The average Bonchev–Trinajstić information content (AvgIpc) is 2.69. The fraction of sp³-hybridized carbons (Fsp3) is 0.929. The molecule has 4 heteroatoms. The van der Waals surface area contributed by atoms with Crippen LogP contribution in [-0.2, 0) is 4.79 Å². The number of hydrogen-bond acceptors (Lipinski definition) is 3. The maximum absolute atomic E-state index is 11.9. The van der Waals surface area contributed by atoms with Crippen LogP contribution >= 0.6 is 0 Å². The molecule has 1 amide bonds. The summed E-state index contributed by atoms with van der Waals surface area (Å²) in [4.78, 5) is 16.4. The molecule has 1 heterocycles. The topological polar surface area (TPSA) is 49.6 Å². The molecule has 1 unspecified atom stereocenters. The van der Waals surface area contributed by atoms with Crippen LogP contribution in [0.25, 0.3) is 0 Å². The molecule has 2 aliphatic rings. The lowest BCUT2D eigenvalue weighted by atomic mass is 9.89. The number of nitrogens with zero attached hydrogens (tertiary/aromatic N) is 2. The lowest BCUT2D eigenvalue weighted by molar-refractivity contribution is -0.131. The number of carbonyl (C=O) groups is 1. The Hall–Kier alpha value is -0.610. The van der Waals surface area contributed by atoms with E-state index in [1.807, 2.05) is 4.90 Å². The summed E-state index contributed by atoms with van der Waals surface area (Å²) in [6.45, 7) is 5.36. The Morgan fingerprint density at radius 3 is 2.28 bits per heavy atom. The predicted octanol–water partition coefficient (Wildman–Crippen LogP) is 1.20. The molecule has 1 saturated heterocycles. The van der Waals surface area contributed by atoms with Gasteiger partial charge in [-0.1, -0.05) is 0 Å². The second-order valence-corrected chi connectivity index (χ2v) is 6.15. The van der Waals surface area contributed by atoms with Gasteiger partial charge in [-0.25, -0.2) is 0 Å². The van der Waals surface area contributed by atoms with Crippen molar-refractivity contribution in [2.75, 3.05) is 13.6 Å². The molecule has 4 nitrogen and oxygen atoms in total. The lowest BCUT2D eigenvalue weighted by Crippen LogP contribution is -2.46. The fourth-order valence-corrected chi connectivity index (χ4v) is 3.29. The molecular weight excluding hydrogens is 226 g/mol. The van der Waals surface area contributed by atoms with E-state index >= 15 is 0 Å². The molecule has 0 aromatic rings. The molecule has 0 spiro atoms. The van der Waals surface area contributed by atoms with Crippen LogP contribution in [0.3, 0.4) is 0 Å². The highest BCUT2D eigenvalue weighted by Gasteiger charge is 2.36. The number of nitrogens with two attached hydrogens (primary N) is 1. The molecule has 0 bridgehead atoms. The fourth-order valence-electron chi connectivity index (χ4n) is 3.29. The van der Waals surface area contributed by atoms with Gasteiger partial charge in [0.05, 0.1) is 6.04 Å². The highest BCUT2D eigenvalue weighted by molar-refractivity contribution is 5.84. The van der Waals surface area contributed by atoms with Gasteiger partial charge in [0.2, 0.25) is 5.91 Å². The second-order valence-electron chi connectivity index (χ2n) is 6.15. The largest absolute Gasteiger partial charge is 0.338 e. The highest BCUT2D eigenvalue weighted by atomic mass is 16.2. The molecule has 0 aromatic heterocycles. The minimum Gasteiger partial charge on any atom is -0.338 e. The Morgan fingerprint density at radius 2 is 1.83 bits per heavy atom. The van der Waals surface area contributed by atoms with Crippen LogP contribution in [-0.4, -0.2) is 53.5 Å². The second kappa shape index (κ2) is 5.57. The van der Waals surface area contributed by atoms with Crippen molar-refractivity contribution in [3.63, 3.8) is 0 Å². The van der Waals surface area contributed by atoms with Crippen LogP contribution in [0.15, 0.2) is 0 Å². The average molecular weight is 253 g/mol. The molecule has 0 radical (unpaired) electrons. The SMILES string of the molecule is CC(C)N(C)C1CCC(N2CCC(N)C2=O)CC1. The number of amides is 1. The summed E-state index contributed by atoms with van der Waals surface area (Å²) in [5.41, 5.74) is 5.79. The Labute approximate surface area is 110 Å². The summed E-state index contributed by atoms with van der Waals surface area (Å²) in [5, 5.41) is 0. The van der Waals surface area contributed by atoms with Crippen molar-refractivity contribution in [3.8, 4) is 0 Å². The van der Waals surface area contributed by atoms with E-state index in [-0.39, 0.29) is 11.9 Å². The molecule has 1 aliphatic carbocycles. The van der Waals surface area contributed by atoms with Crippen molar-refractivity contribution in [1.29, 1.82) is 0 Å². The molecule has 1 atom stereocenters. The van der Waals surface area contributed by atoms with E-state index in [1.165, 1.54) is 12.8 Å². The quantitative estimate of drug-likeness (QED) is 0.822. The molecule has 2 N–H and O–H groups in total. The van der Waals surface area contributed by atoms with E-state index in [4.69, 9.17) is 5.73 Å². The van der Waals surface area contributed by atoms with E-state index in [0.717, 1.165) is 25.8 Å². The van der Waals surface area contributed by atoms with Crippen molar-refractivity contribution in [1.82, 2.24) is 9.80 Å². The summed E-state index contributed by atoms with van der Waals surface area (Å²) in [6.07, 6.45) is 5.53. The van der Waals surface area contributed by atoms with Crippen molar-refractivity contribution < 1.29 is 4.79 Å². The Bertz CT molecular complexity index is 297. The number of likely N-dealkylation sites (tertiary alicyclic amines) is 1. The first kappa shape index (κ1) is 13.8. The summed E-state index contributed by atoms with van der Waals surface area (Å²) >= 11 is 0. The highest BCUT2D eigenvalue weighted by Crippen LogP contribution is 2.29. The zero-order chi connectivity index (χ0) is 13.3. The maximum Gasteiger partial charge on any atom is 0.239 e. The Morgan fingerprint density at radius 1 is 1.22 bits per heavy atom. The standard InChI is InChI=1S/C14H27N3O/c1-10(2)16(3)11-4-6-12(7-5-11)17-9-8-13(15)14(17)18/h10-13H,4-9,15H2,1-3H3. The van der Waals surface area contributed by atoms with Crippen LogP contribution in [0.5, 0.6) is 0 Å². The van der Waals surface area contributed by atoms with Gasteiger partial charge in [-0.3, -0.25) is 4.79 Å². The van der Waals surface area contributed by atoms with Gasteiger partial charge in [-0.05, 0) is 53.0 Å². The predicted molar refractivity (Wildman–Crippen MR) is 73.2 cm³/mol. The van der Waals surface area contributed by atoms with Gasteiger partial charge in [0.15, 0.2) is 0 Å². The lowest BCUT2D eigenvalue weighted by Gasteiger charge is -2.39. The Balaban J connectivity index is 1.85. The van der Waals surface area contributed by atoms with Crippen molar-refractivity contribution in [2.24, 2.45) is 5.73 Å². The van der Waals surface area contributed by atoms with Crippen molar-refractivity contribution in [2.45, 2.75) is 70.1 Å². The van der Waals surface area contributed by atoms with Crippen LogP contribution in [0.1, 0.15) is 46.0 Å². The zero-order valence-corrected chi connectivity index (χ0v) is 11.9. The van der Waals surface area contributed by atoms with Gasteiger partial charge in [0.1, 0.15) is 0 Å². The third kappa shape index (κ3) is 2.69. The summed E-state index contributed by atoms with van der Waals surface area (Å²) in [7, 11) is 2.21. The van der Waals surface area contributed by atoms with E-state index in [2.05, 4.69) is 25.8 Å². The summed E-state index contributed by atoms with van der Waals surface area (Å²) in [6, 6.07) is 1.50. The van der Waals surface area contributed by atoms with Crippen LogP contribution in [0.2, 0.25) is 0 Å². The van der Waals surface area contributed by atoms with Gasteiger partial charge >= 0.3 is 0 Å². The summed E-state index contributed by atoms with van der Waals surface area (Å²) in [5.74, 6) is 0.177. The van der Waals surface area contributed by atoms with E-state index in [1.54, 1.807) is 0 Å². The first-order chi connectivity index (χ1) is 8.50. The van der Waals surface area contributed by atoms with Crippen molar-refractivity contribution >= 4 is 5.91 Å². The zero-order valence-electron chi connectivity index (χ0n) is 11.9. The van der Waals surface area contributed by atoms with E-state index in [9.17, 15) is 4.79 Å². The van der Waals surface area contributed by atoms with Gasteiger partial charge in [-0.15, -0.1) is 0 Å². The minimum absolute atomic E-state index is 0.177. The number of rotatable bonds is 3. The van der Waals surface area contributed by atoms with Gasteiger partial charge in [0, 0.05) is 24.7 Å². The number of carbonyl (C=O) groups excluding carboxylic acids is 1. The first-order valence-electron chi connectivity index (χ1n) is 7.28. The first-order valence-corrected chi connectivity index (χ1v) is 7.28.